The van der Waals surface area contributed by atoms with Crippen molar-refractivity contribution in [1.29, 1.82) is 0 Å². The second-order valence-electron chi connectivity index (χ2n) is 9.48. The highest BCUT2D eigenvalue weighted by Gasteiger charge is 2.32. The van der Waals surface area contributed by atoms with Gasteiger partial charge in [-0.1, -0.05) is 25.7 Å². The van der Waals surface area contributed by atoms with Crippen LogP contribution in [0.25, 0.3) is 5.70 Å². The minimum absolute atomic E-state index is 0.205. The molecule has 0 atom stereocenters. The fraction of sp³-hybridized carbons (Fsp3) is 0.625. The Morgan fingerprint density at radius 2 is 1.76 bits per heavy atom. The normalized spacial score (nSPS) is 20.2. The van der Waals surface area contributed by atoms with Crippen LogP contribution in [0.15, 0.2) is 29.7 Å². The zero-order chi connectivity index (χ0) is 24.0. The summed E-state index contributed by atoms with van der Waals surface area (Å²) in [5.74, 6) is 13.1. The van der Waals surface area contributed by atoms with E-state index in [1.165, 1.54) is 29.3 Å². The van der Waals surface area contributed by atoms with Crippen LogP contribution in [0.3, 0.4) is 0 Å². The number of aromatic nitrogens is 1. The molecule has 0 saturated heterocycles. The van der Waals surface area contributed by atoms with Crippen molar-refractivity contribution < 1.29 is 9.84 Å². The van der Waals surface area contributed by atoms with Gasteiger partial charge in [0.05, 0.1) is 41.1 Å². The summed E-state index contributed by atoms with van der Waals surface area (Å²) in [6, 6.07) is 3.77. The standard InChI is InChI=1S/C24H41N7O2/c1-17-21(33-18-9-5-3-6-10-18)12-11-19(29-17)23(26)20(30(2)27)15-31(28)16-22(25)24(32)13-7-4-8-14-24/h11-12,16,18,32H,3-10,13-15,25-28H2,1-2H3/b22-16-,23-20-. The largest absolute Gasteiger partial charge is 0.489 e. The minimum atomic E-state index is -1.01. The summed E-state index contributed by atoms with van der Waals surface area (Å²) in [6.07, 6.45) is 12.0. The molecule has 2 fully saturated rings. The monoisotopic (exact) mass is 459 g/mol. The van der Waals surface area contributed by atoms with Gasteiger partial charge in [-0.25, -0.2) is 16.7 Å². The van der Waals surface area contributed by atoms with Gasteiger partial charge in [-0.05, 0) is 57.6 Å². The maximum absolute atomic E-state index is 10.8. The third-order valence-electron chi connectivity index (χ3n) is 6.75. The van der Waals surface area contributed by atoms with Crippen LogP contribution < -0.4 is 27.9 Å². The molecule has 0 unspecified atom stereocenters. The highest BCUT2D eigenvalue weighted by molar-refractivity contribution is 5.63. The summed E-state index contributed by atoms with van der Waals surface area (Å²) in [5, 5.41) is 13.7. The van der Waals surface area contributed by atoms with E-state index in [0.29, 0.717) is 35.6 Å². The predicted molar refractivity (Wildman–Crippen MR) is 131 cm³/mol. The highest BCUT2D eigenvalue weighted by Crippen LogP contribution is 2.32. The quantitative estimate of drug-likeness (QED) is 0.291. The lowest BCUT2D eigenvalue weighted by atomic mass is 9.83. The molecule has 0 radical (unpaired) electrons. The third kappa shape index (κ3) is 6.52. The van der Waals surface area contributed by atoms with E-state index < -0.39 is 5.60 Å². The molecule has 33 heavy (non-hydrogen) atoms. The van der Waals surface area contributed by atoms with Crippen LogP contribution in [0, 0.1) is 6.92 Å². The molecular weight excluding hydrogens is 418 g/mol. The van der Waals surface area contributed by atoms with Gasteiger partial charge in [0.15, 0.2) is 0 Å². The molecule has 3 rings (SSSR count). The van der Waals surface area contributed by atoms with E-state index >= 15 is 0 Å². The van der Waals surface area contributed by atoms with Crippen molar-refractivity contribution in [3.05, 3.63) is 41.1 Å². The van der Waals surface area contributed by atoms with E-state index in [2.05, 4.69) is 4.98 Å². The van der Waals surface area contributed by atoms with Gasteiger partial charge in [-0.2, -0.15) is 0 Å². The van der Waals surface area contributed by atoms with Gasteiger partial charge in [0.1, 0.15) is 11.4 Å². The zero-order valence-electron chi connectivity index (χ0n) is 20.1. The number of nitrogens with zero attached hydrogens (tertiary/aromatic N) is 3. The zero-order valence-corrected chi connectivity index (χ0v) is 20.1. The van der Waals surface area contributed by atoms with E-state index in [4.69, 9.17) is 27.9 Å². The number of likely N-dealkylation sites (N-methyl/N-ethyl adjacent to an activating group) is 1. The van der Waals surface area contributed by atoms with Crippen molar-refractivity contribution in [2.75, 3.05) is 13.6 Å². The van der Waals surface area contributed by atoms with Gasteiger partial charge >= 0.3 is 0 Å². The van der Waals surface area contributed by atoms with Gasteiger partial charge < -0.3 is 31.3 Å². The molecule has 9 heteroatoms. The number of aryl methyl sites for hydroxylation is 1. The number of nitrogens with two attached hydrogens (primary N) is 4. The van der Waals surface area contributed by atoms with Crippen LogP contribution in [0.5, 0.6) is 5.75 Å². The summed E-state index contributed by atoms with van der Waals surface area (Å²) in [7, 11) is 1.70. The van der Waals surface area contributed by atoms with Crippen LogP contribution in [0.1, 0.15) is 75.6 Å². The Morgan fingerprint density at radius 1 is 1.12 bits per heavy atom. The number of ether oxygens (including phenoxy) is 1. The van der Waals surface area contributed by atoms with Gasteiger partial charge in [0.25, 0.3) is 0 Å². The van der Waals surface area contributed by atoms with Gasteiger partial charge in [-0.15, -0.1) is 0 Å². The van der Waals surface area contributed by atoms with Crippen molar-refractivity contribution in [3.63, 3.8) is 0 Å². The molecule has 0 spiro atoms. The molecule has 1 aromatic heterocycles. The first kappa shape index (κ1) is 25.1. The third-order valence-corrected chi connectivity index (χ3v) is 6.75. The number of hydrogen-bond donors (Lipinski definition) is 5. The van der Waals surface area contributed by atoms with Crippen molar-refractivity contribution in [2.24, 2.45) is 23.2 Å². The van der Waals surface area contributed by atoms with Crippen LogP contribution in [-0.4, -0.2) is 45.4 Å². The average molecular weight is 460 g/mol. The number of hydrogen-bond acceptors (Lipinski definition) is 9. The first-order valence-corrected chi connectivity index (χ1v) is 12.0. The Labute approximate surface area is 197 Å². The molecule has 1 heterocycles. The summed E-state index contributed by atoms with van der Waals surface area (Å²) in [4.78, 5) is 4.67. The van der Waals surface area contributed by atoms with Crippen molar-refractivity contribution >= 4 is 5.70 Å². The smallest absolute Gasteiger partial charge is 0.140 e. The highest BCUT2D eigenvalue weighted by atomic mass is 16.5. The predicted octanol–water partition coefficient (Wildman–Crippen LogP) is 2.21. The lowest BCUT2D eigenvalue weighted by Crippen LogP contribution is -2.41. The maximum Gasteiger partial charge on any atom is 0.140 e. The molecule has 2 saturated carbocycles. The van der Waals surface area contributed by atoms with Crippen molar-refractivity contribution in [1.82, 2.24) is 15.0 Å². The Morgan fingerprint density at radius 3 is 2.36 bits per heavy atom. The maximum atomic E-state index is 10.8. The molecule has 9 N–H and O–H groups in total. The number of rotatable bonds is 8. The van der Waals surface area contributed by atoms with E-state index in [1.807, 2.05) is 19.1 Å². The second kappa shape index (κ2) is 11.1. The number of pyridine rings is 1. The van der Waals surface area contributed by atoms with E-state index in [-0.39, 0.29) is 12.6 Å². The van der Waals surface area contributed by atoms with E-state index in [9.17, 15) is 5.11 Å². The second-order valence-corrected chi connectivity index (χ2v) is 9.48. The molecule has 0 aromatic carbocycles. The lowest BCUT2D eigenvalue weighted by molar-refractivity contribution is 0.0364. The van der Waals surface area contributed by atoms with Crippen molar-refractivity contribution in [3.8, 4) is 5.75 Å². The first-order valence-electron chi connectivity index (χ1n) is 12.0. The molecule has 0 bridgehead atoms. The fourth-order valence-electron chi connectivity index (χ4n) is 4.66. The van der Waals surface area contributed by atoms with Crippen LogP contribution in [0.2, 0.25) is 0 Å². The molecule has 9 nitrogen and oxygen atoms in total. The minimum Gasteiger partial charge on any atom is -0.489 e. The summed E-state index contributed by atoms with van der Waals surface area (Å²) >= 11 is 0. The molecule has 2 aliphatic rings. The lowest BCUT2D eigenvalue weighted by Gasteiger charge is -2.33. The Kier molecular flexibility index (Phi) is 8.45. The summed E-state index contributed by atoms with van der Waals surface area (Å²) < 4.78 is 6.18. The SMILES string of the molecule is Cc1nc(/C(N)=C(\CN(N)/C=C(\N)C2(O)CCCCC2)N(C)N)ccc1OC1CCCCC1. The fourth-order valence-corrected chi connectivity index (χ4v) is 4.66. The van der Waals surface area contributed by atoms with E-state index in [0.717, 1.165) is 43.5 Å². The van der Waals surface area contributed by atoms with Crippen LogP contribution in [0.4, 0.5) is 0 Å². The molecule has 184 valence electrons. The van der Waals surface area contributed by atoms with Gasteiger partial charge in [-0.3, -0.25) is 0 Å². The number of hydrazine groups is 2. The van der Waals surface area contributed by atoms with Gasteiger partial charge in [0.2, 0.25) is 0 Å². The Balaban J connectivity index is 1.75. The Hall–Kier alpha value is -2.49. The number of aliphatic hydroxyl groups is 1. The molecule has 2 aliphatic carbocycles. The van der Waals surface area contributed by atoms with Crippen LogP contribution in [-0.2, 0) is 0 Å². The molecule has 0 aliphatic heterocycles. The van der Waals surface area contributed by atoms with Crippen LogP contribution >= 0.6 is 0 Å². The molecule has 0 amide bonds. The van der Waals surface area contributed by atoms with E-state index in [1.54, 1.807) is 13.2 Å². The summed E-state index contributed by atoms with van der Waals surface area (Å²) in [6.45, 7) is 2.13. The summed E-state index contributed by atoms with van der Waals surface area (Å²) in [5.41, 5.74) is 14.4. The molecule has 1 aromatic rings. The first-order chi connectivity index (χ1) is 15.7. The van der Waals surface area contributed by atoms with Gasteiger partial charge in [0, 0.05) is 13.2 Å². The Bertz CT molecular complexity index is 856. The topological polar surface area (TPSA) is 153 Å². The average Bonchev–Trinajstić information content (AvgIpc) is 2.79. The van der Waals surface area contributed by atoms with Crippen molar-refractivity contribution in [2.45, 2.75) is 82.8 Å². The molecular formula is C24H41N7O2.